The summed E-state index contributed by atoms with van der Waals surface area (Å²) in [5.41, 5.74) is 0. The lowest BCUT2D eigenvalue weighted by Gasteiger charge is -2.28. The first kappa shape index (κ1) is 14.3. The summed E-state index contributed by atoms with van der Waals surface area (Å²) in [6.07, 6.45) is 0.464. The molecule has 2 fully saturated rings. The largest absolute Gasteiger partial charge is 0.480 e. The zero-order valence-electron chi connectivity index (χ0n) is 10.4. The Bertz CT molecular complexity index is 487. The minimum atomic E-state index is -3.49. The number of aliphatic hydroxyl groups excluding tert-OH is 1. The third-order valence-electron chi connectivity index (χ3n) is 3.70. The van der Waals surface area contributed by atoms with Gasteiger partial charge in [0.15, 0.2) is 9.84 Å². The van der Waals surface area contributed by atoms with Crippen molar-refractivity contribution in [2.45, 2.75) is 43.1 Å². The molecular formula is C11H17NO6S. The van der Waals surface area contributed by atoms with E-state index in [1.165, 1.54) is 0 Å². The van der Waals surface area contributed by atoms with Crippen molar-refractivity contribution in [3.8, 4) is 0 Å². The number of carbonyl (C=O) groups excluding carboxylic acids is 1. The molecule has 0 saturated carbocycles. The predicted molar refractivity (Wildman–Crippen MR) is 65.2 cm³/mol. The van der Waals surface area contributed by atoms with E-state index < -0.39 is 39.1 Å². The van der Waals surface area contributed by atoms with Gasteiger partial charge in [0, 0.05) is 13.0 Å². The number of likely N-dealkylation sites (tertiary alicyclic amines) is 1. The maximum Gasteiger partial charge on any atom is 0.326 e. The Balaban J connectivity index is 2.21. The van der Waals surface area contributed by atoms with Crippen molar-refractivity contribution in [1.29, 1.82) is 0 Å². The maximum atomic E-state index is 12.2. The summed E-state index contributed by atoms with van der Waals surface area (Å²) in [4.78, 5) is 24.3. The zero-order valence-corrected chi connectivity index (χ0v) is 11.2. The van der Waals surface area contributed by atoms with Gasteiger partial charge in [-0.15, -0.1) is 0 Å². The van der Waals surface area contributed by atoms with E-state index in [9.17, 15) is 23.1 Å². The van der Waals surface area contributed by atoms with Crippen molar-refractivity contribution in [1.82, 2.24) is 4.90 Å². The number of sulfone groups is 1. The average molecular weight is 291 g/mol. The van der Waals surface area contributed by atoms with Gasteiger partial charge in [0.2, 0.25) is 5.91 Å². The van der Waals surface area contributed by atoms with Crippen molar-refractivity contribution >= 4 is 21.7 Å². The summed E-state index contributed by atoms with van der Waals surface area (Å²) in [6.45, 7) is -0.109. The molecule has 0 aromatic rings. The number of hydrogen-bond donors (Lipinski definition) is 2. The molecule has 2 heterocycles. The van der Waals surface area contributed by atoms with E-state index in [1.807, 2.05) is 0 Å². The van der Waals surface area contributed by atoms with Crippen LogP contribution in [0.5, 0.6) is 0 Å². The van der Waals surface area contributed by atoms with Gasteiger partial charge in [0.25, 0.3) is 0 Å². The topological polar surface area (TPSA) is 112 Å². The second kappa shape index (κ2) is 5.09. The molecule has 2 N–H and O–H groups in total. The Hall–Kier alpha value is -1.15. The highest BCUT2D eigenvalue weighted by molar-refractivity contribution is 7.92. The van der Waals surface area contributed by atoms with Gasteiger partial charge in [-0.1, -0.05) is 6.42 Å². The van der Waals surface area contributed by atoms with Crippen LogP contribution >= 0.6 is 0 Å². The van der Waals surface area contributed by atoms with Crippen molar-refractivity contribution in [3.63, 3.8) is 0 Å². The van der Waals surface area contributed by atoms with Gasteiger partial charge in [-0.25, -0.2) is 13.2 Å². The van der Waals surface area contributed by atoms with Crippen molar-refractivity contribution in [2.75, 3.05) is 12.3 Å². The van der Waals surface area contributed by atoms with E-state index in [0.717, 1.165) is 4.90 Å². The normalized spacial score (nSPS) is 34.2. The molecule has 8 heteroatoms. The fraction of sp³-hybridized carbons (Fsp3) is 0.818. The van der Waals surface area contributed by atoms with Gasteiger partial charge in [-0.3, -0.25) is 4.79 Å². The Morgan fingerprint density at radius 1 is 1.21 bits per heavy atom. The molecule has 19 heavy (non-hydrogen) atoms. The third-order valence-corrected chi connectivity index (χ3v) is 5.86. The monoisotopic (exact) mass is 291 g/mol. The van der Waals surface area contributed by atoms with Gasteiger partial charge in [0.1, 0.15) is 11.3 Å². The molecule has 2 aliphatic rings. The molecule has 108 valence electrons. The maximum absolute atomic E-state index is 12.2. The summed E-state index contributed by atoms with van der Waals surface area (Å²) in [5, 5.41) is 17.4. The number of rotatable bonds is 2. The summed E-state index contributed by atoms with van der Waals surface area (Å²) in [5.74, 6) is -1.92. The summed E-state index contributed by atoms with van der Waals surface area (Å²) in [7, 11) is -3.49. The van der Waals surface area contributed by atoms with Crippen LogP contribution in [0.4, 0.5) is 0 Å². The van der Waals surface area contributed by atoms with Gasteiger partial charge >= 0.3 is 5.97 Å². The summed E-state index contributed by atoms with van der Waals surface area (Å²) in [6, 6.07) is -1.13. The van der Waals surface area contributed by atoms with Crippen LogP contribution in [0.3, 0.4) is 0 Å². The van der Waals surface area contributed by atoms with Crippen LogP contribution in [0.25, 0.3) is 0 Å². The molecular weight excluding hydrogens is 274 g/mol. The highest BCUT2D eigenvalue weighted by atomic mass is 32.2. The van der Waals surface area contributed by atoms with Gasteiger partial charge < -0.3 is 15.1 Å². The fourth-order valence-electron chi connectivity index (χ4n) is 2.71. The smallest absolute Gasteiger partial charge is 0.326 e. The molecule has 2 aliphatic heterocycles. The van der Waals surface area contributed by atoms with E-state index in [2.05, 4.69) is 0 Å². The van der Waals surface area contributed by atoms with E-state index in [0.29, 0.717) is 12.8 Å². The minimum absolute atomic E-state index is 0.0302. The van der Waals surface area contributed by atoms with Crippen LogP contribution in [0.1, 0.15) is 25.7 Å². The summed E-state index contributed by atoms with van der Waals surface area (Å²) >= 11 is 0. The Morgan fingerprint density at radius 2 is 1.89 bits per heavy atom. The number of carboxylic acid groups (broad SMARTS) is 1. The van der Waals surface area contributed by atoms with Crippen LogP contribution in [-0.2, 0) is 19.4 Å². The first-order chi connectivity index (χ1) is 8.83. The number of carboxylic acids is 1. The second-order valence-corrected chi connectivity index (χ2v) is 7.39. The fourth-order valence-corrected chi connectivity index (χ4v) is 4.57. The molecule has 0 aromatic heterocycles. The van der Waals surface area contributed by atoms with Crippen LogP contribution in [0, 0.1) is 0 Å². The quantitative estimate of drug-likeness (QED) is 0.675. The Morgan fingerprint density at radius 3 is 2.47 bits per heavy atom. The molecule has 0 radical (unpaired) electrons. The van der Waals surface area contributed by atoms with Crippen molar-refractivity contribution < 1.29 is 28.2 Å². The first-order valence-electron chi connectivity index (χ1n) is 6.26. The molecule has 0 aliphatic carbocycles. The van der Waals surface area contributed by atoms with E-state index >= 15 is 0 Å². The molecule has 2 saturated heterocycles. The molecule has 1 amide bonds. The highest BCUT2D eigenvalue weighted by Crippen LogP contribution is 2.26. The number of hydrogen-bond acceptors (Lipinski definition) is 5. The van der Waals surface area contributed by atoms with Gasteiger partial charge in [-0.2, -0.15) is 0 Å². The lowest BCUT2D eigenvalue weighted by atomic mass is 10.1. The number of aliphatic carboxylic acids is 1. The van der Waals surface area contributed by atoms with Crippen LogP contribution in [0.15, 0.2) is 0 Å². The molecule has 7 nitrogen and oxygen atoms in total. The highest BCUT2D eigenvalue weighted by Gasteiger charge is 2.45. The summed E-state index contributed by atoms with van der Waals surface area (Å²) < 4.78 is 23.8. The predicted octanol–water partition coefficient (Wildman–Crippen LogP) is -1.000. The lowest BCUT2D eigenvalue weighted by Crippen LogP contribution is -2.49. The van der Waals surface area contributed by atoms with Crippen LogP contribution in [-0.4, -0.2) is 65.1 Å². The number of aliphatic hydroxyl groups is 1. The van der Waals surface area contributed by atoms with Crippen LogP contribution < -0.4 is 0 Å². The standard InChI is InChI=1S/C11H17NO6S/c13-7-5-8(11(15)16)12(6-7)10(14)9-3-1-2-4-19(9,17)18/h7-9,13H,1-6H2,(H,15,16)/t7-,8-,9?/m1/s1. The average Bonchev–Trinajstić information content (AvgIpc) is 2.70. The van der Waals surface area contributed by atoms with Gasteiger partial charge in [0.05, 0.1) is 11.9 Å². The number of carbonyl (C=O) groups is 2. The van der Waals surface area contributed by atoms with Crippen LogP contribution in [0.2, 0.25) is 0 Å². The molecule has 0 bridgehead atoms. The minimum Gasteiger partial charge on any atom is -0.480 e. The molecule has 2 rings (SSSR count). The SMILES string of the molecule is O=C(O)[C@H]1C[C@@H](O)CN1C(=O)C1CCCCS1(=O)=O. The zero-order chi connectivity index (χ0) is 14.2. The Kier molecular flexibility index (Phi) is 3.82. The number of amides is 1. The van der Waals surface area contributed by atoms with E-state index in [-0.39, 0.29) is 25.1 Å². The number of nitrogens with zero attached hydrogens (tertiary/aromatic N) is 1. The van der Waals surface area contributed by atoms with E-state index in [4.69, 9.17) is 5.11 Å². The van der Waals surface area contributed by atoms with Gasteiger partial charge in [-0.05, 0) is 12.8 Å². The second-order valence-electron chi connectivity index (χ2n) is 5.09. The van der Waals surface area contributed by atoms with E-state index in [1.54, 1.807) is 0 Å². The van der Waals surface area contributed by atoms with Crippen molar-refractivity contribution in [3.05, 3.63) is 0 Å². The Labute approximate surface area is 111 Å². The molecule has 3 atom stereocenters. The molecule has 1 unspecified atom stereocenters. The third kappa shape index (κ3) is 2.74. The number of β-amino-alcohol motifs (C(OH)–C–C–N with tert-alkyl or cyclic N) is 1. The van der Waals surface area contributed by atoms with Crippen molar-refractivity contribution in [2.24, 2.45) is 0 Å². The molecule has 0 aromatic carbocycles. The lowest BCUT2D eigenvalue weighted by molar-refractivity contribution is -0.148. The molecule has 0 spiro atoms. The first-order valence-corrected chi connectivity index (χ1v) is 7.97.